The van der Waals surface area contributed by atoms with Crippen LogP contribution >= 0.6 is 23.2 Å². The van der Waals surface area contributed by atoms with Crippen LogP contribution in [0.2, 0.25) is 10.0 Å². The van der Waals surface area contributed by atoms with Crippen LogP contribution in [0.5, 0.6) is 0 Å². The molecule has 1 aromatic carbocycles. The molecule has 120 valence electrons. The Hall–Kier alpha value is -1.52. The second-order valence-electron chi connectivity index (χ2n) is 5.05. The predicted octanol–water partition coefficient (Wildman–Crippen LogP) is 3.38. The van der Waals surface area contributed by atoms with Gasteiger partial charge in [-0.05, 0) is 38.5 Å². The van der Waals surface area contributed by atoms with Crippen molar-refractivity contribution in [1.29, 1.82) is 0 Å². The van der Waals surface area contributed by atoms with Crippen molar-refractivity contribution >= 4 is 41.1 Å². The zero-order chi connectivity index (χ0) is 16.7. The summed E-state index contributed by atoms with van der Waals surface area (Å²) < 4.78 is 0. The van der Waals surface area contributed by atoms with Crippen molar-refractivity contribution in [3.63, 3.8) is 0 Å². The van der Waals surface area contributed by atoms with E-state index >= 15 is 0 Å². The third-order valence-corrected chi connectivity index (χ3v) is 3.70. The summed E-state index contributed by atoms with van der Waals surface area (Å²) in [7, 11) is 0. The van der Waals surface area contributed by atoms with E-state index in [1.807, 2.05) is 20.8 Å². The van der Waals surface area contributed by atoms with Gasteiger partial charge in [0.05, 0.1) is 16.6 Å². The molecule has 0 spiro atoms. The molecule has 0 bridgehead atoms. The largest absolute Gasteiger partial charge is 0.352 e. The van der Waals surface area contributed by atoms with E-state index in [2.05, 4.69) is 5.32 Å². The molecule has 0 aromatic heterocycles. The molecule has 4 nitrogen and oxygen atoms in total. The van der Waals surface area contributed by atoms with E-state index in [0.717, 1.165) is 0 Å². The minimum atomic E-state index is -0.252. The summed E-state index contributed by atoms with van der Waals surface area (Å²) in [6.07, 6.45) is 2.99. The molecule has 0 radical (unpaired) electrons. The summed E-state index contributed by atoms with van der Waals surface area (Å²) in [5.74, 6) is -0.433. The summed E-state index contributed by atoms with van der Waals surface area (Å²) in [4.78, 5) is 25.3. The summed E-state index contributed by atoms with van der Waals surface area (Å²) in [5, 5.41) is 3.58. The van der Waals surface area contributed by atoms with Gasteiger partial charge in [-0.3, -0.25) is 9.59 Å². The number of carbonyl (C=O) groups is 2. The Labute approximate surface area is 141 Å². The van der Waals surface area contributed by atoms with Crippen molar-refractivity contribution in [1.82, 2.24) is 10.2 Å². The first-order valence-corrected chi connectivity index (χ1v) is 7.81. The zero-order valence-electron chi connectivity index (χ0n) is 12.9. The van der Waals surface area contributed by atoms with Crippen LogP contribution < -0.4 is 5.32 Å². The Morgan fingerprint density at radius 3 is 2.59 bits per heavy atom. The number of benzene rings is 1. The highest BCUT2D eigenvalue weighted by atomic mass is 35.5. The van der Waals surface area contributed by atoms with Gasteiger partial charge in [0.25, 0.3) is 0 Å². The van der Waals surface area contributed by atoms with Crippen LogP contribution in [0, 0.1) is 0 Å². The molecule has 0 aliphatic carbocycles. The number of carbonyl (C=O) groups excluding carboxylic acids is 2. The Morgan fingerprint density at radius 1 is 1.32 bits per heavy atom. The second kappa shape index (κ2) is 8.81. The third kappa shape index (κ3) is 5.70. The molecule has 2 amide bonds. The fourth-order valence-corrected chi connectivity index (χ4v) is 2.17. The number of rotatable bonds is 6. The molecule has 22 heavy (non-hydrogen) atoms. The molecule has 1 aromatic rings. The van der Waals surface area contributed by atoms with Gasteiger partial charge in [0.1, 0.15) is 0 Å². The molecule has 0 aliphatic heterocycles. The topological polar surface area (TPSA) is 49.4 Å². The Bertz CT molecular complexity index is 571. The average Bonchev–Trinajstić information content (AvgIpc) is 2.45. The quantitative estimate of drug-likeness (QED) is 0.805. The van der Waals surface area contributed by atoms with E-state index in [0.29, 0.717) is 22.2 Å². The van der Waals surface area contributed by atoms with E-state index in [9.17, 15) is 9.59 Å². The van der Waals surface area contributed by atoms with Crippen molar-refractivity contribution in [2.24, 2.45) is 0 Å². The molecule has 0 fully saturated rings. The molecule has 0 aliphatic rings. The van der Waals surface area contributed by atoms with Crippen LogP contribution in [0.25, 0.3) is 6.08 Å². The van der Waals surface area contributed by atoms with Gasteiger partial charge in [-0.2, -0.15) is 0 Å². The van der Waals surface area contributed by atoms with E-state index in [-0.39, 0.29) is 24.4 Å². The lowest BCUT2D eigenvalue weighted by Crippen LogP contribution is -2.42. The smallest absolute Gasteiger partial charge is 0.247 e. The summed E-state index contributed by atoms with van der Waals surface area (Å²) in [6, 6.07) is 5.24. The predicted molar refractivity (Wildman–Crippen MR) is 91.0 cm³/mol. The van der Waals surface area contributed by atoms with Crippen LogP contribution in [-0.4, -0.2) is 35.8 Å². The molecule has 0 saturated heterocycles. The molecule has 0 saturated carbocycles. The first kappa shape index (κ1) is 18.5. The Balaban J connectivity index is 2.74. The van der Waals surface area contributed by atoms with Crippen molar-refractivity contribution < 1.29 is 9.59 Å². The number of likely N-dealkylation sites (N-methyl/N-ethyl adjacent to an activating group) is 1. The minimum Gasteiger partial charge on any atom is -0.352 e. The van der Waals surface area contributed by atoms with Gasteiger partial charge in [-0.1, -0.05) is 35.3 Å². The molecule has 0 unspecified atom stereocenters. The van der Waals surface area contributed by atoms with Gasteiger partial charge in [0, 0.05) is 18.7 Å². The molecule has 0 atom stereocenters. The van der Waals surface area contributed by atoms with Crippen LogP contribution in [0.15, 0.2) is 24.3 Å². The number of halogens is 2. The lowest BCUT2D eigenvalue weighted by atomic mass is 10.2. The number of nitrogens with zero attached hydrogens (tertiary/aromatic N) is 1. The molecule has 6 heteroatoms. The summed E-state index contributed by atoms with van der Waals surface area (Å²) in [5.41, 5.74) is 0.658. The van der Waals surface area contributed by atoms with Gasteiger partial charge in [0.15, 0.2) is 0 Å². The highest BCUT2D eigenvalue weighted by Gasteiger charge is 2.13. The maximum atomic E-state index is 12.1. The molecular formula is C16H20Cl2N2O2. The maximum absolute atomic E-state index is 12.1. The normalized spacial score (nSPS) is 11.0. The zero-order valence-corrected chi connectivity index (χ0v) is 14.4. The van der Waals surface area contributed by atoms with Crippen LogP contribution in [-0.2, 0) is 9.59 Å². The highest BCUT2D eigenvalue weighted by Crippen LogP contribution is 2.26. The lowest BCUT2D eigenvalue weighted by Gasteiger charge is -2.19. The number of nitrogens with one attached hydrogen (secondary N) is 1. The van der Waals surface area contributed by atoms with Crippen LogP contribution in [0.4, 0.5) is 0 Å². The first-order chi connectivity index (χ1) is 10.3. The number of hydrogen-bond acceptors (Lipinski definition) is 2. The fraction of sp³-hybridized carbons (Fsp3) is 0.375. The van der Waals surface area contributed by atoms with Crippen LogP contribution in [0.1, 0.15) is 26.3 Å². The summed E-state index contributed by atoms with van der Waals surface area (Å²) in [6.45, 7) is 6.04. The van der Waals surface area contributed by atoms with Gasteiger partial charge in [-0.15, -0.1) is 0 Å². The highest BCUT2D eigenvalue weighted by molar-refractivity contribution is 6.42. The standard InChI is InChI=1S/C16H20Cl2N2O2/c1-4-20(10-14(21)19-11(2)3)15(22)9-8-12-6-5-7-13(17)16(12)18/h5-9,11H,4,10H2,1-3H3,(H,19,21). The Kier molecular flexibility index (Phi) is 7.42. The molecule has 1 N–H and O–H groups in total. The van der Waals surface area contributed by atoms with Crippen molar-refractivity contribution in [2.75, 3.05) is 13.1 Å². The molecular weight excluding hydrogens is 323 g/mol. The third-order valence-electron chi connectivity index (χ3n) is 2.86. The maximum Gasteiger partial charge on any atom is 0.247 e. The van der Waals surface area contributed by atoms with E-state index in [1.165, 1.54) is 11.0 Å². The second-order valence-corrected chi connectivity index (χ2v) is 5.84. The van der Waals surface area contributed by atoms with E-state index < -0.39 is 0 Å². The van der Waals surface area contributed by atoms with Crippen molar-refractivity contribution in [3.05, 3.63) is 39.9 Å². The Morgan fingerprint density at radius 2 is 2.00 bits per heavy atom. The summed E-state index contributed by atoms with van der Waals surface area (Å²) >= 11 is 12.0. The molecule has 0 heterocycles. The SMILES string of the molecule is CCN(CC(=O)NC(C)C)C(=O)C=Cc1cccc(Cl)c1Cl. The fourth-order valence-electron chi connectivity index (χ4n) is 1.80. The van der Waals surface area contributed by atoms with E-state index in [1.54, 1.807) is 24.3 Å². The average molecular weight is 343 g/mol. The van der Waals surface area contributed by atoms with E-state index in [4.69, 9.17) is 23.2 Å². The lowest BCUT2D eigenvalue weighted by molar-refractivity contribution is -0.132. The van der Waals surface area contributed by atoms with Gasteiger partial charge < -0.3 is 10.2 Å². The first-order valence-electron chi connectivity index (χ1n) is 7.05. The van der Waals surface area contributed by atoms with Crippen molar-refractivity contribution in [2.45, 2.75) is 26.8 Å². The van der Waals surface area contributed by atoms with Gasteiger partial charge in [-0.25, -0.2) is 0 Å². The van der Waals surface area contributed by atoms with Crippen LogP contribution in [0.3, 0.4) is 0 Å². The van der Waals surface area contributed by atoms with Gasteiger partial charge in [0.2, 0.25) is 11.8 Å². The minimum absolute atomic E-state index is 0.0289. The van der Waals surface area contributed by atoms with Crippen molar-refractivity contribution in [3.8, 4) is 0 Å². The number of hydrogen-bond donors (Lipinski definition) is 1. The molecule has 1 rings (SSSR count). The number of amides is 2. The monoisotopic (exact) mass is 342 g/mol. The van der Waals surface area contributed by atoms with Gasteiger partial charge >= 0.3 is 0 Å².